The summed E-state index contributed by atoms with van der Waals surface area (Å²) < 4.78 is 68.4. The second-order valence-electron chi connectivity index (χ2n) is 27.6. The van der Waals surface area contributed by atoms with Crippen LogP contribution >= 0.6 is 15.6 Å². The van der Waals surface area contributed by atoms with Gasteiger partial charge in [-0.15, -0.1) is 0 Å². The number of hydrogen-bond donors (Lipinski definition) is 3. The van der Waals surface area contributed by atoms with Gasteiger partial charge in [0.25, 0.3) is 0 Å². The number of ether oxygens (including phenoxy) is 4. The number of carbonyl (C=O) groups is 4. The van der Waals surface area contributed by atoms with Crippen LogP contribution in [-0.2, 0) is 65.4 Å². The molecule has 4 unspecified atom stereocenters. The molecule has 19 heteroatoms. The Hall–Kier alpha value is -1.94. The highest BCUT2D eigenvalue weighted by molar-refractivity contribution is 7.47. The molecule has 552 valence electrons. The lowest BCUT2D eigenvalue weighted by atomic mass is 9.99. The van der Waals surface area contributed by atoms with Crippen molar-refractivity contribution in [2.75, 3.05) is 39.6 Å². The summed E-state index contributed by atoms with van der Waals surface area (Å²) in [5.41, 5.74) is 0. The van der Waals surface area contributed by atoms with Crippen molar-refractivity contribution in [1.29, 1.82) is 0 Å². The third-order valence-electron chi connectivity index (χ3n) is 17.9. The van der Waals surface area contributed by atoms with Crippen LogP contribution in [0.25, 0.3) is 0 Å². The van der Waals surface area contributed by atoms with Crippen molar-refractivity contribution in [3.63, 3.8) is 0 Å². The summed E-state index contributed by atoms with van der Waals surface area (Å²) in [4.78, 5) is 72.7. The molecule has 17 nitrogen and oxygen atoms in total. The quantitative estimate of drug-likeness (QED) is 0.0222. The van der Waals surface area contributed by atoms with Crippen LogP contribution in [0.4, 0.5) is 0 Å². The highest BCUT2D eigenvalue weighted by Gasteiger charge is 2.30. The van der Waals surface area contributed by atoms with Gasteiger partial charge in [-0.1, -0.05) is 325 Å². The minimum absolute atomic E-state index is 0.106. The summed E-state index contributed by atoms with van der Waals surface area (Å²) in [5, 5.41) is 10.6. The van der Waals surface area contributed by atoms with E-state index in [9.17, 15) is 43.2 Å². The van der Waals surface area contributed by atoms with E-state index in [4.69, 9.17) is 37.0 Å². The van der Waals surface area contributed by atoms with Crippen LogP contribution in [0.15, 0.2) is 0 Å². The molecule has 0 spiro atoms. The molecule has 7 atom stereocenters. The van der Waals surface area contributed by atoms with E-state index in [1.165, 1.54) is 180 Å². The summed E-state index contributed by atoms with van der Waals surface area (Å²) >= 11 is 0. The fourth-order valence-corrected chi connectivity index (χ4v) is 12.8. The minimum atomic E-state index is -4.96. The molecule has 0 aliphatic rings. The average Bonchev–Trinajstić information content (AvgIpc) is 1.65. The summed E-state index contributed by atoms with van der Waals surface area (Å²) in [7, 11) is -9.91. The monoisotopic (exact) mass is 1370 g/mol. The predicted molar refractivity (Wildman–Crippen MR) is 377 cm³/mol. The SMILES string of the molecule is CCCCCCCCCCCCCC(=O)O[C@H](COC(=O)CCCCCCCCCC(C)C)COP(=O)(O)OC[C@H](O)COP(=O)(O)OC[C@@H](COC(=O)CCCCCCCCCCCCC(C)CC)OC(=O)CCCCCCCCCCCCCCCCC(C)CC. The number of phosphoric acid groups is 2. The lowest BCUT2D eigenvalue weighted by molar-refractivity contribution is -0.161. The van der Waals surface area contributed by atoms with Crippen molar-refractivity contribution in [3.8, 4) is 0 Å². The molecular weight excluding hydrogens is 1220 g/mol. The number of aliphatic hydroxyl groups excluding tert-OH is 1. The van der Waals surface area contributed by atoms with Gasteiger partial charge in [0.05, 0.1) is 26.4 Å². The van der Waals surface area contributed by atoms with Crippen LogP contribution in [-0.4, -0.2) is 96.7 Å². The second kappa shape index (κ2) is 64.7. The van der Waals surface area contributed by atoms with Crippen molar-refractivity contribution in [3.05, 3.63) is 0 Å². The highest BCUT2D eigenvalue weighted by atomic mass is 31.2. The molecule has 0 saturated heterocycles. The van der Waals surface area contributed by atoms with E-state index < -0.39 is 97.5 Å². The molecule has 0 aromatic rings. The number of aliphatic hydroxyl groups is 1. The number of unbranched alkanes of at least 4 members (excludes halogenated alkanes) is 38. The van der Waals surface area contributed by atoms with Gasteiger partial charge in [-0.25, -0.2) is 9.13 Å². The fourth-order valence-electron chi connectivity index (χ4n) is 11.2. The van der Waals surface area contributed by atoms with Gasteiger partial charge in [0.2, 0.25) is 0 Å². The first kappa shape index (κ1) is 91.1. The van der Waals surface area contributed by atoms with E-state index in [-0.39, 0.29) is 25.7 Å². The fraction of sp³-hybridized carbons (Fsp3) is 0.946. The van der Waals surface area contributed by atoms with Crippen LogP contribution in [0.1, 0.15) is 376 Å². The molecule has 0 bridgehead atoms. The largest absolute Gasteiger partial charge is 0.472 e. The Morgan fingerprint density at radius 3 is 0.817 bits per heavy atom. The Morgan fingerprint density at radius 1 is 0.312 bits per heavy atom. The van der Waals surface area contributed by atoms with E-state index in [1.54, 1.807) is 0 Å². The zero-order valence-electron chi connectivity index (χ0n) is 60.7. The maximum atomic E-state index is 13.1. The van der Waals surface area contributed by atoms with Gasteiger partial charge in [0.1, 0.15) is 19.3 Å². The van der Waals surface area contributed by atoms with Crippen molar-refractivity contribution >= 4 is 39.5 Å². The van der Waals surface area contributed by atoms with Crippen LogP contribution < -0.4 is 0 Å². The van der Waals surface area contributed by atoms with Gasteiger partial charge < -0.3 is 33.8 Å². The van der Waals surface area contributed by atoms with E-state index in [1.807, 2.05) is 0 Å². The highest BCUT2D eigenvalue weighted by Crippen LogP contribution is 2.45. The summed E-state index contributed by atoms with van der Waals surface area (Å²) in [6.07, 6.45) is 49.8. The van der Waals surface area contributed by atoms with Crippen molar-refractivity contribution in [1.82, 2.24) is 0 Å². The van der Waals surface area contributed by atoms with Crippen LogP contribution in [0.3, 0.4) is 0 Å². The normalized spacial score (nSPS) is 14.7. The van der Waals surface area contributed by atoms with Gasteiger partial charge in [0, 0.05) is 25.7 Å². The molecule has 0 amide bonds. The summed E-state index contributed by atoms with van der Waals surface area (Å²) in [6.45, 7) is 11.9. The Kier molecular flexibility index (Phi) is 63.4. The molecule has 0 aromatic heterocycles. The van der Waals surface area contributed by atoms with E-state index in [2.05, 4.69) is 48.5 Å². The number of esters is 4. The van der Waals surface area contributed by atoms with Crippen molar-refractivity contribution in [2.24, 2.45) is 17.8 Å². The zero-order valence-corrected chi connectivity index (χ0v) is 62.5. The molecule has 0 fully saturated rings. The number of carbonyl (C=O) groups excluding carboxylic acids is 4. The summed E-state index contributed by atoms with van der Waals surface area (Å²) in [5.74, 6) is 0.240. The predicted octanol–water partition coefficient (Wildman–Crippen LogP) is 21.4. The molecule has 3 N–H and O–H groups in total. The van der Waals surface area contributed by atoms with E-state index >= 15 is 0 Å². The minimum Gasteiger partial charge on any atom is -0.462 e. The van der Waals surface area contributed by atoms with Crippen LogP contribution in [0.2, 0.25) is 0 Å². The van der Waals surface area contributed by atoms with Crippen molar-refractivity contribution in [2.45, 2.75) is 394 Å². The molecule has 93 heavy (non-hydrogen) atoms. The van der Waals surface area contributed by atoms with Crippen molar-refractivity contribution < 1.29 is 80.2 Å². The first-order valence-electron chi connectivity index (χ1n) is 38.4. The standard InChI is InChI=1S/C74H144O17P2/c1-8-11-12-13-14-15-20-28-35-43-50-57-73(78)91-70(62-85-72(77)56-49-42-37-30-31-38-45-52-65(4)5)64-89-93(82,83)87-60-68(75)59-86-92(80,81)88-63-69(61-84-71(76)55-48-41-34-27-24-23-26-33-40-47-54-67(7)10-3)90-74(79)58-51-44-36-29-22-19-17-16-18-21-25-32-39-46-53-66(6)9-2/h65-70,75H,8-64H2,1-7H3,(H,80,81)(H,82,83)/t66?,67?,68-,69-,70-/m1/s1. The molecule has 0 radical (unpaired) electrons. The maximum Gasteiger partial charge on any atom is 0.472 e. The molecule has 0 aliphatic carbocycles. The average molecular weight is 1370 g/mol. The van der Waals surface area contributed by atoms with E-state index in [0.717, 1.165) is 108 Å². The second-order valence-corrected chi connectivity index (χ2v) is 30.6. The van der Waals surface area contributed by atoms with Gasteiger partial charge >= 0.3 is 39.5 Å². The summed E-state index contributed by atoms with van der Waals surface area (Å²) in [6, 6.07) is 0. The third-order valence-corrected chi connectivity index (χ3v) is 19.8. The van der Waals surface area contributed by atoms with Gasteiger partial charge in [-0.3, -0.25) is 37.3 Å². The Bertz CT molecular complexity index is 1820. The first-order valence-corrected chi connectivity index (χ1v) is 41.4. The Morgan fingerprint density at radius 2 is 0.548 bits per heavy atom. The molecule has 0 aromatic carbocycles. The molecule has 0 aliphatic heterocycles. The number of phosphoric ester groups is 2. The Balaban J connectivity index is 5.24. The Labute approximate surface area is 568 Å². The molecule has 0 rings (SSSR count). The van der Waals surface area contributed by atoms with Gasteiger partial charge in [-0.2, -0.15) is 0 Å². The topological polar surface area (TPSA) is 237 Å². The van der Waals surface area contributed by atoms with Crippen LogP contribution in [0.5, 0.6) is 0 Å². The number of rotatable bonds is 72. The third kappa shape index (κ3) is 65.8. The first-order chi connectivity index (χ1) is 44.8. The van der Waals surface area contributed by atoms with Crippen LogP contribution in [0, 0.1) is 17.8 Å². The maximum absolute atomic E-state index is 13.1. The smallest absolute Gasteiger partial charge is 0.462 e. The lowest BCUT2D eigenvalue weighted by Gasteiger charge is -2.21. The van der Waals surface area contributed by atoms with Gasteiger partial charge in [-0.05, 0) is 43.4 Å². The lowest BCUT2D eigenvalue weighted by Crippen LogP contribution is -2.30. The zero-order chi connectivity index (χ0) is 68.7. The van der Waals surface area contributed by atoms with Gasteiger partial charge in [0.15, 0.2) is 12.2 Å². The number of hydrogen-bond acceptors (Lipinski definition) is 15. The molecule has 0 saturated carbocycles. The molecular formula is C74H144O17P2. The molecule has 0 heterocycles. The van der Waals surface area contributed by atoms with E-state index in [0.29, 0.717) is 31.6 Å².